The summed E-state index contributed by atoms with van der Waals surface area (Å²) < 4.78 is 5.37. The molecule has 120 valence electrons. The molecular weight excluding hydrogens is 282 g/mol. The number of benzene rings is 1. The van der Waals surface area contributed by atoms with Crippen LogP contribution in [0.5, 0.6) is 0 Å². The largest absolute Gasteiger partial charge is 0.479 e. The maximum absolute atomic E-state index is 12.8. The van der Waals surface area contributed by atoms with Crippen molar-refractivity contribution in [2.45, 2.75) is 39.4 Å². The molecule has 0 bridgehead atoms. The molecule has 0 spiro atoms. The molecule has 1 amide bonds. The second-order valence-corrected chi connectivity index (χ2v) is 6.53. The van der Waals surface area contributed by atoms with Gasteiger partial charge in [0.05, 0.1) is 12.6 Å². The summed E-state index contributed by atoms with van der Waals surface area (Å²) in [4.78, 5) is 25.6. The first-order chi connectivity index (χ1) is 10.3. The van der Waals surface area contributed by atoms with Crippen LogP contribution in [0.2, 0.25) is 0 Å². The van der Waals surface area contributed by atoms with Crippen LogP contribution in [0.15, 0.2) is 30.3 Å². The van der Waals surface area contributed by atoms with E-state index in [0.717, 1.165) is 5.56 Å². The number of nitrogens with zero attached hydrogens (tertiary/aromatic N) is 1. The molecule has 2 rings (SSSR count). The molecule has 5 heteroatoms. The Morgan fingerprint density at radius 3 is 2.50 bits per heavy atom. The molecule has 1 fully saturated rings. The van der Waals surface area contributed by atoms with E-state index < -0.39 is 17.5 Å². The monoisotopic (exact) mass is 305 g/mol. The van der Waals surface area contributed by atoms with Crippen LogP contribution in [0, 0.1) is 5.41 Å². The molecule has 5 nitrogen and oxygen atoms in total. The van der Waals surface area contributed by atoms with Gasteiger partial charge in [-0.1, -0.05) is 44.2 Å². The molecule has 0 aromatic heterocycles. The first-order valence-corrected chi connectivity index (χ1v) is 7.51. The van der Waals surface area contributed by atoms with Gasteiger partial charge < -0.3 is 14.7 Å². The van der Waals surface area contributed by atoms with Crippen molar-refractivity contribution in [3.05, 3.63) is 35.9 Å². The van der Waals surface area contributed by atoms with Gasteiger partial charge in [-0.05, 0) is 18.9 Å². The van der Waals surface area contributed by atoms with E-state index >= 15 is 0 Å². The van der Waals surface area contributed by atoms with Crippen LogP contribution < -0.4 is 0 Å². The number of carboxylic acids is 1. The number of amides is 1. The van der Waals surface area contributed by atoms with Gasteiger partial charge in [0.2, 0.25) is 5.91 Å². The average molecular weight is 305 g/mol. The van der Waals surface area contributed by atoms with Gasteiger partial charge in [-0.15, -0.1) is 0 Å². The molecule has 1 unspecified atom stereocenters. The molecule has 22 heavy (non-hydrogen) atoms. The summed E-state index contributed by atoms with van der Waals surface area (Å²) in [5.41, 5.74) is 0.513. The lowest BCUT2D eigenvalue weighted by Gasteiger charge is -2.39. The summed E-state index contributed by atoms with van der Waals surface area (Å²) in [5, 5.41) is 9.13. The standard InChI is InChI=1S/C17H23NO4/c1-12-10-18(11-14(22-12)15(19)20)16(21)17(2,3)9-13-7-5-4-6-8-13/h4-8,12,14H,9-11H2,1-3H3,(H,19,20)/t12-,14?/m1/s1. The Morgan fingerprint density at radius 2 is 1.91 bits per heavy atom. The predicted octanol–water partition coefficient (Wildman–Crippen LogP) is 1.96. The van der Waals surface area contributed by atoms with Crippen molar-refractivity contribution in [3.8, 4) is 0 Å². The molecule has 1 heterocycles. The SMILES string of the molecule is C[C@@H]1CN(C(=O)C(C)(C)Cc2ccccc2)CC(C(=O)O)O1. The molecule has 0 aliphatic carbocycles. The molecule has 2 atom stereocenters. The molecule has 1 aromatic carbocycles. The molecule has 0 saturated carbocycles. The Hall–Kier alpha value is -1.88. The normalized spacial score (nSPS) is 22.4. The molecular formula is C17H23NO4. The summed E-state index contributed by atoms with van der Waals surface area (Å²) in [7, 11) is 0. The van der Waals surface area contributed by atoms with Gasteiger partial charge in [0, 0.05) is 12.0 Å². The van der Waals surface area contributed by atoms with Crippen molar-refractivity contribution in [1.82, 2.24) is 4.90 Å². The molecule has 1 N–H and O–H groups in total. The molecule has 1 saturated heterocycles. The number of morpholine rings is 1. The van der Waals surface area contributed by atoms with Crippen LogP contribution in [0.4, 0.5) is 0 Å². The van der Waals surface area contributed by atoms with Gasteiger partial charge in [0.15, 0.2) is 6.10 Å². The van der Waals surface area contributed by atoms with E-state index in [1.807, 2.05) is 44.2 Å². The zero-order chi connectivity index (χ0) is 16.3. The van der Waals surface area contributed by atoms with Crippen LogP contribution in [-0.2, 0) is 20.7 Å². The zero-order valence-electron chi connectivity index (χ0n) is 13.3. The van der Waals surface area contributed by atoms with Crippen LogP contribution >= 0.6 is 0 Å². The minimum absolute atomic E-state index is 0.0299. The Labute approximate surface area is 130 Å². The summed E-state index contributed by atoms with van der Waals surface area (Å²) >= 11 is 0. The third-order valence-corrected chi connectivity index (χ3v) is 3.89. The van der Waals surface area contributed by atoms with Crippen LogP contribution in [-0.4, -0.2) is 47.2 Å². The van der Waals surface area contributed by atoms with Crippen LogP contribution in [0.3, 0.4) is 0 Å². The minimum Gasteiger partial charge on any atom is -0.479 e. The van der Waals surface area contributed by atoms with Crippen LogP contribution in [0.1, 0.15) is 26.3 Å². The third kappa shape index (κ3) is 3.85. The van der Waals surface area contributed by atoms with E-state index in [1.54, 1.807) is 11.8 Å². The van der Waals surface area contributed by atoms with Crippen molar-refractivity contribution in [1.29, 1.82) is 0 Å². The number of rotatable bonds is 4. The maximum Gasteiger partial charge on any atom is 0.334 e. The van der Waals surface area contributed by atoms with Crippen molar-refractivity contribution >= 4 is 11.9 Å². The Balaban J connectivity index is 2.10. The molecule has 1 aliphatic heterocycles. The Bertz CT molecular complexity index is 541. The Kier molecular flexibility index (Phi) is 4.86. The number of carbonyl (C=O) groups is 2. The van der Waals surface area contributed by atoms with E-state index in [0.29, 0.717) is 13.0 Å². The van der Waals surface area contributed by atoms with E-state index in [-0.39, 0.29) is 18.6 Å². The number of aliphatic carboxylic acids is 1. The van der Waals surface area contributed by atoms with Gasteiger partial charge in [0.25, 0.3) is 0 Å². The third-order valence-electron chi connectivity index (χ3n) is 3.89. The molecule has 1 aromatic rings. The highest BCUT2D eigenvalue weighted by atomic mass is 16.5. The summed E-state index contributed by atoms with van der Waals surface area (Å²) in [6.45, 7) is 6.13. The lowest BCUT2D eigenvalue weighted by Crippen LogP contribution is -2.55. The van der Waals surface area contributed by atoms with Crippen molar-refractivity contribution in [2.24, 2.45) is 5.41 Å². The van der Waals surface area contributed by atoms with E-state index in [4.69, 9.17) is 9.84 Å². The molecule has 0 radical (unpaired) electrons. The fourth-order valence-electron chi connectivity index (χ4n) is 2.86. The van der Waals surface area contributed by atoms with Gasteiger partial charge in [-0.25, -0.2) is 4.79 Å². The zero-order valence-corrected chi connectivity index (χ0v) is 13.3. The predicted molar refractivity (Wildman–Crippen MR) is 82.5 cm³/mol. The number of ether oxygens (including phenoxy) is 1. The second-order valence-electron chi connectivity index (χ2n) is 6.53. The van der Waals surface area contributed by atoms with E-state index in [9.17, 15) is 9.59 Å². The van der Waals surface area contributed by atoms with Gasteiger partial charge in [-0.2, -0.15) is 0 Å². The van der Waals surface area contributed by atoms with Crippen molar-refractivity contribution < 1.29 is 19.4 Å². The summed E-state index contributed by atoms with van der Waals surface area (Å²) in [6.07, 6.45) is -0.595. The van der Waals surface area contributed by atoms with Crippen LogP contribution in [0.25, 0.3) is 0 Å². The van der Waals surface area contributed by atoms with Gasteiger partial charge in [0.1, 0.15) is 0 Å². The first-order valence-electron chi connectivity index (χ1n) is 7.51. The highest BCUT2D eigenvalue weighted by molar-refractivity contribution is 5.83. The highest BCUT2D eigenvalue weighted by Gasteiger charge is 2.38. The topological polar surface area (TPSA) is 66.8 Å². The highest BCUT2D eigenvalue weighted by Crippen LogP contribution is 2.26. The first kappa shape index (κ1) is 16.5. The summed E-state index contributed by atoms with van der Waals surface area (Å²) in [5.74, 6) is -1.05. The van der Waals surface area contributed by atoms with E-state index in [1.165, 1.54) is 0 Å². The molecule has 1 aliphatic rings. The number of hydrogen-bond donors (Lipinski definition) is 1. The number of carbonyl (C=O) groups excluding carboxylic acids is 1. The fourth-order valence-corrected chi connectivity index (χ4v) is 2.86. The van der Waals surface area contributed by atoms with Crippen molar-refractivity contribution in [2.75, 3.05) is 13.1 Å². The lowest BCUT2D eigenvalue weighted by molar-refractivity contribution is -0.169. The van der Waals surface area contributed by atoms with Crippen molar-refractivity contribution in [3.63, 3.8) is 0 Å². The number of carboxylic acid groups (broad SMARTS) is 1. The smallest absolute Gasteiger partial charge is 0.334 e. The fraction of sp³-hybridized carbons (Fsp3) is 0.529. The number of hydrogen-bond acceptors (Lipinski definition) is 3. The van der Waals surface area contributed by atoms with Gasteiger partial charge >= 0.3 is 5.97 Å². The quantitative estimate of drug-likeness (QED) is 0.923. The lowest BCUT2D eigenvalue weighted by atomic mass is 9.84. The van der Waals surface area contributed by atoms with E-state index in [2.05, 4.69) is 0 Å². The average Bonchev–Trinajstić information content (AvgIpc) is 2.46. The summed E-state index contributed by atoms with van der Waals surface area (Å²) in [6, 6.07) is 9.84. The Morgan fingerprint density at radius 1 is 1.27 bits per heavy atom. The maximum atomic E-state index is 12.8. The van der Waals surface area contributed by atoms with Gasteiger partial charge in [-0.3, -0.25) is 4.79 Å². The minimum atomic E-state index is -1.02. The second kappa shape index (κ2) is 6.48.